The number of aryl methyl sites for hydroxylation is 4. The molecule has 3 aromatic rings. The topological polar surface area (TPSA) is 46.9 Å². The highest BCUT2D eigenvalue weighted by atomic mass is 16.1. The van der Waals surface area contributed by atoms with Crippen LogP contribution >= 0.6 is 0 Å². The quantitative estimate of drug-likeness (QED) is 0.742. The summed E-state index contributed by atoms with van der Waals surface area (Å²) in [7, 11) is 0. The molecule has 0 aliphatic heterocycles. The number of anilines is 1. The van der Waals surface area contributed by atoms with Gasteiger partial charge in [-0.2, -0.15) is 5.10 Å². The smallest absolute Gasteiger partial charge is 0.256 e. The number of amides is 1. The Hall–Kier alpha value is -2.88. The molecule has 1 amide bonds. The Kier molecular flexibility index (Phi) is 4.94. The lowest BCUT2D eigenvalue weighted by Gasteiger charge is -2.10. The van der Waals surface area contributed by atoms with Crippen molar-refractivity contribution in [1.82, 2.24) is 9.78 Å². The summed E-state index contributed by atoms with van der Waals surface area (Å²) in [6.07, 6.45) is 0. The highest BCUT2D eigenvalue weighted by molar-refractivity contribution is 6.06. The van der Waals surface area contributed by atoms with Crippen LogP contribution in [0.2, 0.25) is 0 Å². The van der Waals surface area contributed by atoms with Crippen molar-refractivity contribution in [1.29, 1.82) is 0 Å². The zero-order chi connectivity index (χ0) is 18.8. The summed E-state index contributed by atoms with van der Waals surface area (Å²) in [6.45, 7) is 10.7. The third-order valence-electron chi connectivity index (χ3n) is 4.84. The zero-order valence-corrected chi connectivity index (χ0v) is 16.1. The zero-order valence-electron chi connectivity index (χ0n) is 16.1. The number of nitrogens with one attached hydrogen (secondary N) is 1. The number of rotatable bonds is 4. The van der Waals surface area contributed by atoms with E-state index in [0.29, 0.717) is 12.1 Å². The minimum Gasteiger partial charge on any atom is -0.319 e. The minimum atomic E-state index is -0.0900. The van der Waals surface area contributed by atoms with E-state index in [9.17, 15) is 4.79 Å². The van der Waals surface area contributed by atoms with Gasteiger partial charge in [-0.1, -0.05) is 42.0 Å². The fourth-order valence-corrected chi connectivity index (χ4v) is 3.14. The van der Waals surface area contributed by atoms with Gasteiger partial charge in [0.15, 0.2) is 0 Å². The summed E-state index contributed by atoms with van der Waals surface area (Å²) in [5.74, 6) is -0.0900. The third kappa shape index (κ3) is 3.54. The van der Waals surface area contributed by atoms with Crippen LogP contribution in [0.3, 0.4) is 0 Å². The predicted molar refractivity (Wildman–Crippen MR) is 106 cm³/mol. The van der Waals surface area contributed by atoms with Crippen molar-refractivity contribution in [3.8, 4) is 0 Å². The first kappa shape index (κ1) is 17.9. The van der Waals surface area contributed by atoms with Crippen LogP contribution in [-0.2, 0) is 6.54 Å². The monoisotopic (exact) mass is 347 g/mol. The van der Waals surface area contributed by atoms with Gasteiger partial charge in [-0.15, -0.1) is 0 Å². The van der Waals surface area contributed by atoms with Crippen molar-refractivity contribution in [2.75, 3.05) is 5.32 Å². The first-order chi connectivity index (χ1) is 12.4. The molecule has 1 heterocycles. The van der Waals surface area contributed by atoms with Gasteiger partial charge in [0.1, 0.15) is 0 Å². The first-order valence-corrected chi connectivity index (χ1v) is 8.84. The van der Waals surface area contributed by atoms with Crippen molar-refractivity contribution < 1.29 is 4.79 Å². The summed E-state index contributed by atoms with van der Waals surface area (Å²) < 4.78 is 1.95. The Morgan fingerprint density at radius 1 is 1.00 bits per heavy atom. The average molecular weight is 347 g/mol. The highest BCUT2D eigenvalue weighted by Crippen LogP contribution is 2.23. The molecule has 1 aromatic heterocycles. The largest absolute Gasteiger partial charge is 0.319 e. The summed E-state index contributed by atoms with van der Waals surface area (Å²) >= 11 is 0. The second kappa shape index (κ2) is 7.16. The van der Waals surface area contributed by atoms with E-state index >= 15 is 0 Å². The second-order valence-corrected chi connectivity index (χ2v) is 6.90. The van der Waals surface area contributed by atoms with Gasteiger partial charge in [0, 0.05) is 5.56 Å². The number of aromatic nitrogens is 2. The molecule has 3 rings (SSSR count). The SMILES string of the molecule is Cc1ccc(C)c(C(=O)Nc2c(C)nn(Cc3ccccc3C)c2C)c1. The normalized spacial score (nSPS) is 10.8. The molecule has 2 aromatic carbocycles. The average Bonchev–Trinajstić information content (AvgIpc) is 2.86. The molecule has 0 saturated heterocycles. The predicted octanol–water partition coefficient (Wildman–Crippen LogP) is 4.73. The second-order valence-electron chi connectivity index (χ2n) is 6.90. The van der Waals surface area contributed by atoms with Gasteiger partial charge in [-0.3, -0.25) is 9.48 Å². The summed E-state index contributed by atoms with van der Waals surface area (Å²) in [5, 5.41) is 7.70. The van der Waals surface area contributed by atoms with Gasteiger partial charge in [0.05, 0.1) is 23.6 Å². The first-order valence-electron chi connectivity index (χ1n) is 8.84. The molecule has 1 N–H and O–H groups in total. The van der Waals surface area contributed by atoms with E-state index < -0.39 is 0 Å². The van der Waals surface area contributed by atoms with Crippen molar-refractivity contribution in [3.63, 3.8) is 0 Å². The Bertz CT molecular complexity index is 970. The van der Waals surface area contributed by atoms with E-state index in [1.54, 1.807) is 0 Å². The van der Waals surface area contributed by atoms with Crippen LogP contribution in [0.25, 0.3) is 0 Å². The van der Waals surface area contributed by atoms with E-state index in [2.05, 4.69) is 29.5 Å². The molecule has 0 atom stereocenters. The highest BCUT2D eigenvalue weighted by Gasteiger charge is 2.17. The van der Waals surface area contributed by atoms with Crippen molar-refractivity contribution in [2.24, 2.45) is 0 Å². The van der Waals surface area contributed by atoms with Gasteiger partial charge in [-0.05, 0) is 57.4 Å². The minimum absolute atomic E-state index is 0.0900. The maximum absolute atomic E-state index is 12.8. The van der Waals surface area contributed by atoms with E-state index in [0.717, 1.165) is 28.2 Å². The molecule has 4 heteroatoms. The Labute approximate surface area is 154 Å². The molecular formula is C22H25N3O. The number of hydrogen-bond donors (Lipinski definition) is 1. The molecule has 0 spiro atoms. The van der Waals surface area contributed by atoms with E-state index in [1.807, 2.05) is 62.7 Å². The van der Waals surface area contributed by atoms with Gasteiger partial charge < -0.3 is 5.32 Å². The van der Waals surface area contributed by atoms with Crippen molar-refractivity contribution in [3.05, 3.63) is 81.7 Å². The molecule has 0 fully saturated rings. The molecule has 0 saturated carbocycles. The standard InChI is InChI=1S/C22H25N3O/c1-14-10-11-16(3)20(12-14)22(26)23-21-17(4)24-25(18(21)5)13-19-9-7-6-8-15(19)2/h6-12H,13H2,1-5H3,(H,23,26). The lowest BCUT2D eigenvalue weighted by atomic mass is 10.0. The molecule has 4 nitrogen and oxygen atoms in total. The van der Waals surface area contributed by atoms with Gasteiger partial charge in [0.2, 0.25) is 0 Å². The van der Waals surface area contributed by atoms with Gasteiger partial charge in [-0.25, -0.2) is 0 Å². The number of hydrogen-bond acceptors (Lipinski definition) is 2. The van der Waals surface area contributed by atoms with Crippen LogP contribution in [-0.4, -0.2) is 15.7 Å². The van der Waals surface area contributed by atoms with Crippen molar-refractivity contribution >= 4 is 11.6 Å². The fourth-order valence-electron chi connectivity index (χ4n) is 3.14. The van der Waals surface area contributed by atoms with Crippen LogP contribution in [0.15, 0.2) is 42.5 Å². The van der Waals surface area contributed by atoms with E-state index in [1.165, 1.54) is 11.1 Å². The molecule has 0 unspecified atom stereocenters. The fraction of sp³-hybridized carbons (Fsp3) is 0.273. The van der Waals surface area contributed by atoms with E-state index in [4.69, 9.17) is 0 Å². The van der Waals surface area contributed by atoms with Crippen LogP contribution in [0.1, 0.15) is 44.0 Å². The van der Waals surface area contributed by atoms with Gasteiger partial charge >= 0.3 is 0 Å². The van der Waals surface area contributed by atoms with Crippen LogP contribution in [0, 0.1) is 34.6 Å². The lowest BCUT2D eigenvalue weighted by molar-refractivity contribution is 0.102. The van der Waals surface area contributed by atoms with Crippen LogP contribution in [0.5, 0.6) is 0 Å². The molecule has 0 aliphatic carbocycles. The summed E-state index contributed by atoms with van der Waals surface area (Å²) in [6, 6.07) is 14.2. The molecular weight excluding hydrogens is 322 g/mol. The van der Waals surface area contributed by atoms with Crippen LogP contribution < -0.4 is 5.32 Å². The Balaban J connectivity index is 1.87. The molecule has 0 radical (unpaired) electrons. The Morgan fingerprint density at radius 2 is 1.73 bits per heavy atom. The third-order valence-corrected chi connectivity index (χ3v) is 4.84. The van der Waals surface area contributed by atoms with Gasteiger partial charge in [0.25, 0.3) is 5.91 Å². The number of nitrogens with zero attached hydrogens (tertiary/aromatic N) is 2. The molecule has 26 heavy (non-hydrogen) atoms. The molecule has 134 valence electrons. The molecule has 0 bridgehead atoms. The number of benzene rings is 2. The van der Waals surface area contributed by atoms with E-state index in [-0.39, 0.29) is 5.91 Å². The number of carbonyl (C=O) groups is 1. The van der Waals surface area contributed by atoms with Crippen LogP contribution in [0.4, 0.5) is 5.69 Å². The number of carbonyl (C=O) groups excluding carboxylic acids is 1. The lowest BCUT2D eigenvalue weighted by Crippen LogP contribution is -2.15. The maximum atomic E-state index is 12.8. The maximum Gasteiger partial charge on any atom is 0.256 e. The summed E-state index contributed by atoms with van der Waals surface area (Å²) in [5.41, 5.74) is 7.80. The van der Waals surface area contributed by atoms with Crippen molar-refractivity contribution in [2.45, 2.75) is 41.2 Å². The Morgan fingerprint density at radius 3 is 2.46 bits per heavy atom. The summed E-state index contributed by atoms with van der Waals surface area (Å²) in [4.78, 5) is 12.8. The molecule has 0 aliphatic rings.